The average molecular weight is 1380 g/mol. The van der Waals surface area contributed by atoms with Gasteiger partial charge in [-0.05, 0) is 166 Å². The number of para-hydroxylation sites is 5. The number of ether oxygens (including phenoxy) is 1. The van der Waals surface area contributed by atoms with Gasteiger partial charge in [-0.1, -0.05) is 94.8 Å². The zero-order chi connectivity index (χ0) is 71.0. The van der Waals surface area contributed by atoms with Crippen molar-refractivity contribution in [3.05, 3.63) is 150 Å². The van der Waals surface area contributed by atoms with Crippen molar-refractivity contribution in [2.75, 3.05) is 126 Å². The number of aromatic nitrogens is 15. The smallest absolute Gasteiger partial charge is 0.290 e. The van der Waals surface area contributed by atoms with E-state index in [-0.39, 0.29) is 5.28 Å². The molecule has 0 spiro atoms. The lowest BCUT2D eigenvalue weighted by molar-refractivity contribution is -0.643. The minimum absolute atomic E-state index is 0.0342. The van der Waals surface area contributed by atoms with Gasteiger partial charge >= 0.3 is 0 Å². The van der Waals surface area contributed by atoms with Crippen LogP contribution in [0.5, 0.6) is 0 Å². The number of hydrogen-bond donors (Lipinski definition) is 4. The highest BCUT2D eigenvalue weighted by atomic mass is 35.5. The minimum Gasteiger partial charge on any atom is -0.594 e. The number of benzene rings is 5. The van der Waals surface area contributed by atoms with Crippen LogP contribution < -0.4 is 45.5 Å². The predicted molar refractivity (Wildman–Crippen MR) is 387 cm³/mol. The van der Waals surface area contributed by atoms with Crippen molar-refractivity contribution in [2.24, 2.45) is 0 Å². The molecule has 29 nitrogen and oxygen atoms in total. The van der Waals surface area contributed by atoms with E-state index in [1.165, 1.54) is 19.3 Å². The lowest BCUT2D eigenvalue weighted by atomic mass is 9.98. The molecular weight excluding hydrogens is 1280 g/mol. The van der Waals surface area contributed by atoms with Gasteiger partial charge in [-0.2, -0.15) is 0 Å². The standard InChI is InChI=1S/C17H25N5O.C16H25N5O.C14H19N5O2.C14H21N5O.C8H6ClN3O/c1-12-6-4-9-15-16(12)22(23)20-17(19-15)18-10-11-21-13(2)7-5-8-14(21)3;1-4-10-20(11-5-2)12-9-17-16-18-14-8-6-7-13(3)15(14)21(22)19-16;1-11-3-2-4-12-13(11)19(20)17-14(16-12)15-5-6-18-7-9-21-10-8-18;1-4-18(5-2)10-9-15-14-16-12-8-6-7-11(3)13(12)19(20)17-14;1-5-3-2-4-6-7(5)12(13)11-8(9)10-6/h4,6,9,13-14H,5,7-8,10-11H2,1-3H3,(H,18,19,20);6-8H,4-5,9-12H2,1-3H3,(H,17,18,19);2-4H,5-10H2,1H3,(H,15,16,17);6-8H,4-5,9-10H2,1-3H3,(H,15,16,17);2-4H,1H3. The van der Waals surface area contributed by atoms with Gasteiger partial charge in [-0.15, -0.1) is 0 Å². The molecule has 0 bridgehead atoms. The fourth-order valence-electron chi connectivity index (χ4n) is 12.1. The van der Waals surface area contributed by atoms with Crippen LogP contribution in [0.2, 0.25) is 5.28 Å². The molecule has 530 valence electrons. The molecule has 0 saturated carbocycles. The Labute approximate surface area is 583 Å². The normalized spacial score (nSPS) is 14.8. The summed E-state index contributed by atoms with van der Waals surface area (Å²) in [5, 5.41) is 91.3. The van der Waals surface area contributed by atoms with Crippen LogP contribution >= 0.6 is 11.6 Å². The summed E-state index contributed by atoms with van der Waals surface area (Å²) >= 11 is 5.53. The van der Waals surface area contributed by atoms with Crippen molar-refractivity contribution < 1.29 is 29.0 Å². The second kappa shape index (κ2) is 37.6. The number of nitrogens with one attached hydrogen (secondary N) is 4. The van der Waals surface area contributed by atoms with Gasteiger partial charge in [0.2, 0.25) is 0 Å². The average Bonchev–Trinajstić information content (AvgIpc) is 0.834. The summed E-state index contributed by atoms with van der Waals surface area (Å²) in [5.74, 6) is 1.54. The molecule has 12 rings (SSSR count). The molecule has 30 heteroatoms. The van der Waals surface area contributed by atoms with Gasteiger partial charge in [-0.25, -0.2) is 24.9 Å². The van der Waals surface area contributed by atoms with Gasteiger partial charge in [0.1, 0.15) is 27.6 Å². The maximum atomic E-state index is 12.1. The molecule has 2 fully saturated rings. The third kappa shape index (κ3) is 21.4. The zero-order valence-electron chi connectivity index (χ0n) is 59.0. The van der Waals surface area contributed by atoms with Crippen LogP contribution in [-0.2, 0) is 4.74 Å². The summed E-state index contributed by atoms with van der Waals surface area (Å²) in [5.41, 5.74) is 10.2. The van der Waals surface area contributed by atoms with Gasteiger partial charge in [0.25, 0.3) is 56.7 Å². The summed E-state index contributed by atoms with van der Waals surface area (Å²) < 4.78 is 5.31. The summed E-state index contributed by atoms with van der Waals surface area (Å²) in [6, 6.07) is 29.1. The molecule has 7 heterocycles. The Kier molecular flexibility index (Phi) is 28.7. The predicted octanol–water partition coefficient (Wildman–Crippen LogP) is 7.22. The largest absolute Gasteiger partial charge is 0.594 e. The monoisotopic (exact) mass is 1380 g/mol. The van der Waals surface area contributed by atoms with E-state index in [1.54, 1.807) is 6.07 Å². The molecule has 5 aromatic carbocycles. The first kappa shape index (κ1) is 75.5. The topological polar surface area (TPSA) is 334 Å². The van der Waals surface area contributed by atoms with Gasteiger partial charge in [-0.3, -0.25) is 9.80 Å². The molecule has 0 amide bonds. The lowest BCUT2D eigenvalue weighted by Gasteiger charge is -2.38. The van der Waals surface area contributed by atoms with Crippen molar-refractivity contribution >= 4 is 90.6 Å². The third-order valence-corrected chi connectivity index (χ3v) is 17.5. The number of nitrogens with zero attached hydrogens (tertiary/aromatic N) is 19. The second-order valence-corrected chi connectivity index (χ2v) is 24.9. The molecular formula is C69H96ClN23O6. The van der Waals surface area contributed by atoms with E-state index in [0.29, 0.717) is 122 Å². The molecule has 0 aliphatic carbocycles. The van der Waals surface area contributed by atoms with E-state index in [9.17, 15) is 26.0 Å². The van der Waals surface area contributed by atoms with Gasteiger partial charge in [0, 0.05) is 110 Å². The SMILES string of the molecule is CCCN(CCC)CCNc1nc2cccc(C)c2[n+]([O-])n1.CCN(CC)CCNc1nc2cccc(C)c2[n+]([O-])n1.Cc1cccc2nc(Cl)n[n+]([O-])c12.Cc1cccc2nc(NCCN3C(C)CCCC3C)n[n+]([O-])c12.Cc1cccc2nc(NCCN3CCOCC3)n[n+]([O-])c12. The number of hydrogen-bond acceptors (Lipinski definition) is 24. The van der Waals surface area contributed by atoms with Gasteiger partial charge in [0.15, 0.2) is 0 Å². The Morgan fingerprint density at radius 2 is 0.768 bits per heavy atom. The van der Waals surface area contributed by atoms with Crippen molar-refractivity contribution in [3.63, 3.8) is 0 Å². The zero-order valence-corrected chi connectivity index (χ0v) is 59.7. The fraction of sp³-hybridized carbons (Fsp3) is 0.493. The van der Waals surface area contributed by atoms with Crippen LogP contribution in [-0.4, -0.2) is 187 Å². The van der Waals surface area contributed by atoms with Crippen LogP contribution in [0, 0.1) is 60.7 Å². The lowest BCUT2D eigenvalue weighted by Crippen LogP contribution is -2.46. The number of piperidine rings is 1. The number of rotatable bonds is 22. The highest BCUT2D eigenvalue weighted by molar-refractivity contribution is 6.28. The molecule has 2 unspecified atom stereocenters. The fourth-order valence-corrected chi connectivity index (χ4v) is 12.2. The first-order valence-electron chi connectivity index (χ1n) is 34.3. The van der Waals surface area contributed by atoms with Crippen LogP contribution in [0.1, 0.15) is 101 Å². The Balaban J connectivity index is 0.000000159. The highest BCUT2D eigenvalue weighted by Crippen LogP contribution is 2.23. The molecule has 2 aliphatic heterocycles. The number of fused-ring (bicyclic) bond motifs is 5. The van der Waals surface area contributed by atoms with Crippen molar-refractivity contribution in [1.29, 1.82) is 0 Å². The molecule has 5 aromatic heterocycles. The molecule has 2 aliphatic rings. The maximum Gasteiger partial charge on any atom is 0.290 e. The number of anilines is 4. The van der Waals surface area contributed by atoms with Gasteiger partial charge < -0.3 is 61.8 Å². The number of likely N-dealkylation sites (N-methyl/N-ethyl adjacent to an activating group) is 1. The Morgan fingerprint density at radius 1 is 0.444 bits per heavy atom. The van der Waals surface area contributed by atoms with E-state index < -0.39 is 0 Å². The van der Waals surface area contributed by atoms with Crippen molar-refractivity contribution in [1.82, 2.24) is 70.0 Å². The first-order valence-corrected chi connectivity index (χ1v) is 34.6. The highest BCUT2D eigenvalue weighted by Gasteiger charge is 2.25. The van der Waals surface area contributed by atoms with Crippen LogP contribution in [0.4, 0.5) is 23.8 Å². The Bertz CT molecular complexity index is 4210. The summed E-state index contributed by atoms with van der Waals surface area (Å²) in [6.45, 7) is 36.8. The minimum atomic E-state index is -0.0342. The number of halogens is 1. The summed E-state index contributed by atoms with van der Waals surface area (Å²) in [4.78, 5) is 34.3. The number of morpholine rings is 1. The van der Waals surface area contributed by atoms with E-state index in [4.69, 9.17) is 16.3 Å². The molecule has 4 N–H and O–H groups in total. The van der Waals surface area contributed by atoms with E-state index in [0.717, 1.165) is 139 Å². The molecule has 2 atom stereocenters. The number of aryl methyl sites for hydroxylation is 5. The molecule has 0 radical (unpaired) electrons. The van der Waals surface area contributed by atoms with E-state index >= 15 is 0 Å². The Morgan fingerprint density at radius 3 is 1.12 bits per heavy atom. The summed E-state index contributed by atoms with van der Waals surface area (Å²) in [7, 11) is 0. The van der Waals surface area contributed by atoms with E-state index in [1.807, 2.05) is 120 Å². The van der Waals surface area contributed by atoms with Crippen LogP contribution in [0.3, 0.4) is 0 Å². The van der Waals surface area contributed by atoms with Crippen molar-refractivity contribution in [2.45, 2.75) is 120 Å². The molecule has 10 aromatic rings. The first-order chi connectivity index (χ1) is 47.8. The van der Waals surface area contributed by atoms with E-state index in [2.05, 4.69) is 133 Å². The van der Waals surface area contributed by atoms with Crippen LogP contribution in [0.15, 0.2) is 91.0 Å². The van der Waals surface area contributed by atoms with Crippen molar-refractivity contribution in [3.8, 4) is 0 Å². The summed E-state index contributed by atoms with van der Waals surface area (Å²) in [6.07, 6.45) is 6.13. The van der Waals surface area contributed by atoms with Gasteiger partial charge in [0.05, 0.1) is 33.6 Å². The molecule has 2 saturated heterocycles. The number of likely N-dealkylation sites (tertiary alicyclic amines) is 1. The Hall–Kier alpha value is -9.26. The third-order valence-electron chi connectivity index (χ3n) is 17.3. The quantitative estimate of drug-likeness (QED) is 0.0384. The molecule has 99 heavy (non-hydrogen) atoms. The second-order valence-electron chi connectivity index (χ2n) is 24.6. The maximum absolute atomic E-state index is 12.1. The van der Waals surface area contributed by atoms with Crippen LogP contribution in [0.25, 0.3) is 55.2 Å².